The molecule has 0 aromatic carbocycles. The summed E-state index contributed by atoms with van der Waals surface area (Å²) in [5.74, 6) is 1.27. The van der Waals surface area contributed by atoms with Crippen LogP contribution >= 0.6 is 11.6 Å². The first kappa shape index (κ1) is 18.6. The number of likely N-dealkylation sites (tertiary alicyclic amines) is 1. The number of morpholine rings is 1. The fraction of sp³-hybridized carbons (Fsp3) is 0.765. The van der Waals surface area contributed by atoms with Gasteiger partial charge in [0, 0.05) is 58.2 Å². The zero-order chi connectivity index (χ0) is 17.6. The van der Waals surface area contributed by atoms with E-state index in [1.807, 2.05) is 4.90 Å². The van der Waals surface area contributed by atoms with Crippen molar-refractivity contribution in [3.05, 3.63) is 17.0 Å². The van der Waals surface area contributed by atoms with Crippen LogP contribution in [0.3, 0.4) is 0 Å². The Morgan fingerprint density at radius 1 is 1.32 bits per heavy atom. The number of aliphatic hydroxyl groups is 1. The van der Waals surface area contributed by atoms with Crippen LogP contribution in [-0.4, -0.2) is 78.5 Å². The van der Waals surface area contributed by atoms with Gasteiger partial charge in [-0.2, -0.15) is 0 Å². The summed E-state index contributed by atoms with van der Waals surface area (Å²) in [5, 5.41) is 13.6. The van der Waals surface area contributed by atoms with Crippen molar-refractivity contribution >= 4 is 17.5 Å². The normalized spacial score (nSPS) is 25.3. The molecule has 3 heterocycles. The molecule has 8 heteroatoms. The van der Waals surface area contributed by atoms with Crippen molar-refractivity contribution in [2.24, 2.45) is 11.8 Å². The van der Waals surface area contributed by atoms with Gasteiger partial charge in [0.05, 0.1) is 13.2 Å². The Morgan fingerprint density at radius 3 is 2.76 bits per heavy atom. The molecule has 1 aromatic heterocycles. The summed E-state index contributed by atoms with van der Waals surface area (Å²) < 4.78 is 10.5. The van der Waals surface area contributed by atoms with Gasteiger partial charge in [0.15, 0.2) is 5.15 Å². The summed E-state index contributed by atoms with van der Waals surface area (Å²) in [6, 6.07) is 1.64. The molecule has 1 aromatic rings. The molecule has 2 atom stereocenters. The maximum atomic E-state index is 12.6. The molecule has 0 radical (unpaired) electrons. The highest BCUT2D eigenvalue weighted by atomic mass is 35.5. The van der Waals surface area contributed by atoms with E-state index in [2.05, 4.69) is 10.1 Å². The zero-order valence-electron chi connectivity index (χ0n) is 14.4. The van der Waals surface area contributed by atoms with Gasteiger partial charge >= 0.3 is 0 Å². The van der Waals surface area contributed by atoms with Crippen LogP contribution in [0.25, 0.3) is 0 Å². The highest BCUT2D eigenvalue weighted by molar-refractivity contribution is 6.29. The van der Waals surface area contributed by atoms with E-state index >= 15 is 0 Å². The molecule has 0 unspecified atom stereocenters. The van der Waals surface area contributed by atoms with Gasteiger partial charge in [0.25, 0.3) is 0 Å². The molecule has 1 amide bonds. The number of aromatic nitrogens is 1. The first-order valence-corrected chi connectivity index (χ1v) is 9.31. The molecule has 2 saturated heterocycles. The molecule has 0 bridgehead atoms. The van der Waals surface area contributed by atoms with Crippen LogP contribution in [0, 0.1) is 11.8 Å². The molecule has 0 saturated carbocycles. The number of nitrogens with zero attached hydrogens (tertiary/aromatic N) is 3. The Hall–Kier alpha value is -1.15. The van der Waals surface area contributed by atoms with Crippen LogP contribution in [0.5, 0.6) is 0 Å². The number of ether oxygens (including phenoxy) is 1. The number of carbonyl (C=O) groups is 1. The van der Waals surface area contributed by atoms with Crippen LogP contribution < -0.4 is 0 Å². The van der Waals surface area contributed by atoms with Gasteiger partial charge in [-0.25, -0.2) is 0 Å². The highest BCUT2D eigenvalue weighted by Crippen LogP contribution is 2.24. The van der Waals surface area contributed by atoms with Crippen molar-refractivity contribution < 1.29 is 19.2 Å². The molecule has 140 valence electrons. The summed E-state index contributed by atoms with van der Waals surface area (Å²) in [6.45, 7) is 5.91. The van der Waals surface area contributed by atoms with Gasteiger partial charge in [0.1, 0.15) is 5.76 Å². The Morgan fingerprint density at radius 2 is 2.08 bits per heavy atom. The Bertz CT molecular complexity index is 562. The highest BCUT2D eigenvalue weighted by Gasteiger charge is 2.31. The van der Waals surface area contributed by atoms with Crippen LogP contribution in [0.1, 0.15) is 18.6 Å². The van der Waals surface area contributed by atoms with Crippen LogP contribution in [-0.2, 0) is 16.0 Å². The minimum atomic E-state index is 0.0950. The molecule has 25 heavy (non-hydrogen) atoms. The molecule has 0 spiro atoms. The van der Waals surface area contributed by atoms with Crippen molar-refractivity contribution in [1.29, 1.82) is 0 Å². The van der Waals surface area contributed by atoms with Crippen molar-refractivity contribution in [1.82, 2.24) is 15.0 Å². The lowest BCUT2D eigenvalue weighted by Gasteiger charge is -2.40. The second kappa shape index (κ2) is 8.98. The van der Waals surface area contributed by atoms with E-state index in [0.717, 1.165) is 45.8 Å². The number of carbonyl (C=O) groups excluding carboxylic acids is 1. The van der Waals surface area contributed by atoms with E-state index in [4.69, 9.17) is 20.9 Å². The number of aryl methyl sites for hydroxylation is 1. The molecular weight excluding hydrogens is 346 g/mol. The molecular formula is C17H26ClN3O4. The molecule has 2 aliphatic heterocycles. The summed E-state index contributed by atoms with van der Waals surface area (Å²) in [7, 11) is 0. The molecule has 1 N–H and O–H groups in total. The number of piperidine rings is 1. The van der Waals surface area contributed by atoms with Crippen LogP contribution in [0.15, 0.2) is 10.6 Å². The smallest absolute Gasteiger partial charge is 0.223 e. The summed E-state index contributed by atoms with van der Waals surface area (Å²) in [5.41, 5.74) is 0. The maximum Gasteiger partial charge on any atom is 0.223 e. The zero-order valence-corrected chi connectivity index (χ0v) is 15.2. The van der Waals surface area contributed by atoms with E-state index in [9.17, 15) is 9.90 Å². The monoisotopic (exact) mass is 371 g/mol. The molecule has 0 aliphatic carbocycles. The van der Waals surface area contributed by atoms with Gasteiger partial charge in [0.2, 0.25) is 5.91 Å². The quantitative estimate of drug-likeness (QED) is 0.805. The standard InChI is InChI=1S/C17H26ClN3O4/c18-16-8-15(25-19-16)1-2-17(23)21-10-13(7-14(11-21)12-22)9-20-3-5-24-6-4-20/h8,13-14,22H,1-7,9-12H2/t13-,14-/m0/s1. The average Bonchev–Trinajstić information content (AvgIpc) is 3.05. The molecule has 2 aliphatic rings. The topological polar surface area (TPSA) is 79.0 Å². The Kier molecular flexibility index (Phi) is 6.70. The van der Waals surface area contributed by atoms with Gasteiger partial charge in [-0.15, -0.1) is 0 Å². The van der Waals surface area contributed by atoms with Crippen LogP contribution in [0.4, 0.5) is 0 Å². The summed E-state index contributed by atoms with van der Waals surface area (Å²) in [4.78, 5) is 16.9. The van der Waals surface area contributed by atoms with Crippen molar-refractivity contribution in [3.63, 3.8) is 0 Å². The van der Waals surface area contributed by atoms with Crippen molar-refractivity contribution in [2.45, 2.75) is 19.3 Å². The van der Waals surface area contributed by atoms with Gasteiger partial charge in [-0.05, 0) is 18.3 Å². The van der Waals surface area contributed by atoms with E-state index in [1.54, 1.807) is 6.07 Å². The van der Waals surface area contributed by atoms with Gasteiger partial charge in [-0.3, -0.25) is 9.69 Å². The summed E-state index contributed by atoms with van der Waals surface area (Å²) >= 11 is 5.73. The lowest BCUT2D eigenvalue weighted by Crippen LogP contribution is -2.49. The largest absolute Gasteiger partial charge is 0.396 e. The minimum absolute atomic E-state index is 0.0950. The lowest BCUT2D eigenvalue weighted by molar-refractivity contribution is -0.134. The average molecular weight is 372 g/mol. The fourth-order valence-electron chi connectivity index (χ4n) is 3.73. The number of rotatable bonds is 6. The fourth-order valence-corrected chi connectivity index (χ4v) is 3.89. The molecule has 3 rings (SSSR count). The lowest BCUT2D eigenvalue weighted by atomic mass is 9.89. The van der Waals surface area contributed by atoms with E-state index in [0.29, 0.717) is 36.2 Å². The van der Waals surface area contributed by atoms with Gasteiger partial charge in [-0.1, -0.05) is 16.8 Å². The van der Waals surface area contributed by atoms with Crippen molar-refractivity contribution in [3.8, 4) is 0 Å². The second-order valence-electron chi connectivity index (χ2n) is 6.98. The SMILES string of the molecule is O=C(CCc1cc(Cl)no1)N1C[C@@H](CO)C[C@@H](CN2CCOCC2)C1. The predicted octanol–water partition coefficient (Wildman–Crippen LogP) is 1.05. The number of halogens is 1. The van der Waals surface area contributed by atoms with E-state index < -0.39 is 0 Å². The summed E-state index contributed by atoms with van der Waals surface area (Å²) in [6.07, 6.45) is 1.83. The Labute approximate surface area is 152 Å². The van der Waals surface area contributed by atoms with Gasteiger partial charge < -0.3 is 19.3 Å². The third-order valence-corrected chi connectivity index (χ3v) is 5.15. The maximum absolute atomic E-state index is 12.6. The van der Waals surface area contributed by atoms with E-state index in [-0.39, 0.29) is 18.4 Å². The van der Waals surface area contributed by atoms with E-state index in [1.165, 1.54) is 0 Å². The number of aliphatic hydroxyl groups excluding tert-OH is 1. The number of hydrogen-bond acceptors (Lipinski definition) is 6. The Balaban J connectivity index is 1.52. The third-order valence-electron chi connectivity index (χ3n) is 4.97. The predicted molar refractivity (Wildman–Crippen MR) is 92.4 cm³/mol. The first-order chi connectivity index (χ1) is 12.1. The number of hydrogen-bond donors (Lipinski definition) is 1. The first-order valence-electron chi connectivity index (χ1n) is 8.94. The second-order valence-corrected chi connectivity index (χ2v) is 7.37. The molecule has 2 fully saturated rings. The minimum Gasteiger partial charge on any atom is -0.396 e. The van der Waals surface area contributed by atoms with Crippen molar-refractivity contribution in [2.75, 3.05) is 52.5 Å². The van der Waals surface area contributed by atoms with Crippen LogP contribution in [0.2, 0.25) is 5.15 Å². The third kappa shape index (κ3) is 5.41. The molecule has 7 nitrogen and oxygen atoms in total. The number of amides is 1.